The van der Waals surface area contributed by atoms with Gasteiger partial charge in [0, 0.05) is 10.6 Å². The number of rotatable bonds is 6. The molecule has 35 heavy (non-hydrogen) atoms. The third-order valence-corrected chi connectivity index (χ3v) is 7.93. The molecule has 1 aliphatic rings. The van der Waals surface area contributed by atoms with Crippen molar-refractivity contribution in [3.63, 3.8) is 0 Å². The highest BCUT2D eigenvalue weighted by molar-refractivity contribution is 7.90. The zero-order valence-electron chi connectivity index (χ0n) is 18.5. The number of nitrogens with zero attached hydrogens (tertiary/aromatic N) is 3. The average Bonchev–Trinajstić information content (AvgIpc) is 3.31. The van der Waals surface area contributed by atoms with Crippen molar-refractivity contribution >= 4 is 32.5 Å². The second-order valence-corrected chi connectivity index (χ2v) is 11.0. The molecule has 2 aromatic heterocycles. The summed E-state index contributed by atoms with van der Waals surface area (Å²) < 4.78 is 45.7. The number of aliphatic hydroxyl groups excluding tert-OH is 1. The number of hydrogen-bond donors (Lipinski definition) is 2. The van der Waals surface area contributed by atoms with Crippen LogP contribution >= 0.6 is 11.6 Å². The smallest absolute Gasteiger partial charge is 0.228 e. The Labute approximate surface area is 206 Å². The molecule has 0 aliphatic heterocycles. The largest absolute Gasteiger partial charge is 0.474 e. The molecule has 0 radical (unpaired) electrons. The Morgan fingerprint density at radius 3 is 2.57 bits per heavy atom. The lowest BCUT2D eigenvalue weighted by atomic mass is 9.95. The van der Waals surface area contributed by atoms with Gasteiger partial charge >= 0.3 is 0 Å². The second-order valence-electron chi connectivity index (χ2n) is 8.56. The molecule has 2 N–H and O–H groups in total. The normalized spacial score (nSPS) is 18.6. The van der Waals surface area contributed by atoms with E-state index in [1.165, 1.54) is 6.07 Å². The van der Waals surface area contributed by atoms with Gasteiger partial charge in [-0.05, 0) is 49.4 Å². The van der Waals surface area contributed by atoms with Crippen molar-refractivity contribution < 1.29 is 22.7 Å². The van der Waals surface area contributed by atoms with Gasteiger partial charge in [-0.25, -0.2) is 17.8 Å². The van der Waals surface area contributed by atoms with Crippen LogP contribution in [0.2, 0.25) is 5.02 Å². The van der Waals surface area contributed by atoms with E-state index in [0.717, 1.165) is 25.0 Å². The summed E-state index contributed by atoms with van der Waals surface area (Å²) in [4.78, 5) is 8.67. The quantitative estimate of drug-likeness (QED) is 0.388. The fourth-order valence-electron chi connectivity index (χ4n) is 4.11. The third-order valence-electron chi connectivity index (χ3n) is 5.99. The first kappa shape index (κ1) is 23.7. The van der Waals surface area contributed by atoms with Gasteiger partial charge in [-0.2, -0.15) is 10.1 Å². The number of H-pyrrole nitrogens is 1. The molecule has 0 spiro atoms. The van der Waals surface area contributed by atoms with Crippen molar-refractivity contribution in [2.45, 2.75) is 48.5 Å². The molecular formula is C24H22ClFN4O4S. The molecule has 0 atom stereocenters. The van der Waals surface area contributed by atoms with Crippen LogP contribution in [0.3, 0.4) is 0 Å². The van der Waals surface area contributed by atoms with Gasteiger partial charge in [-0.3, -0.25) is 5.10 Å². The molecule has 0 amide bonds. The van der Waals surface area contributed by atoms with E-state index in [-0.39, 0.29) is 23.0 Å². The molecule has 1 fully saturated rings. The molecule has 2 aromatic carbocycles. The fraction of sp³-hybridized carbons (Fsp3) is 0.292. The molecular weight excluding hydrogens is 495 g/mol. The maximum Gasteiger partial charge on any atom is 0.228 e. The molecule has 1 saturated carbocycles. The highest BCUT2D eigenvalue weighted by Crippen LogP contribution is 2.30. The van der Waals surface area contributed by atoms with Gasteiger partial charge in [0.25, 0.3) is 0 Å². The summed E-state index contributed by atoms with van der Waals surface area (Å²) in [6.07, 6.45) is 4.09. The monoisotopic (exact) mass is 516 g/mol. The minimum absolute atomic E-state index is 0.0567. The molecule has 5 rings (SSSR count). The van der Waals surface area contributed by atoms with Crippen LogP contribution in [0.1, 0.15) is 31.2 Å². The van der Waals surface area contributed by atoms with Crippen LogP contribution in [0.25, 0.3) is 22.4 Å². The molecule has 4 aromatic rings. The lowest BCUT2D eigenvalue weighted by Crippen LogP contribution is -2.26. The number of aromatic nitrogens is 4. The Kier molecular flexibility index (Phi) is 6.43. The minimum Gasteiger partial charge on any atom is -0.474 e. The second kappa shape index (κ2) is 9.52. The van der Waals surface area contributed by atoms with Crippen LogP contribution in [0.15, 0.2) is 53.6 Å². The number of halogens is 2. The van der Waals surface area contributed by atoms with Gasteiger partial charge in [0.05, 0.1) is 18.1 Å². The Morgan fingerprint density at radius 2 is 1.83 bits per heavy atom. The van der Waals surface area contributed by atoms with Crippen LogP contribution < -0.4 is 4.74 Å². The number of aromatic amines is 1. The summed E-state index contributed by atoms with van der Waals surface area (Å²) in [6.45, 7) is 0. The number of fused-ring (bicyclic) bond motifs is 1. The van der Waals surface area contributed by atoms with E-state index >= 15 is 0 Å². The average molecular weight is 517 g/mol. The lowest BCUT2D eigenvalue weighted by molar-refractivity contribution is 0.0652. The molecule has 0 bridgehead atoms. The zero-order valence-corrected chi connectivity index (χ0v) is 20.1. The van der Waals surface area contributed by atoms with Crippen molar-refractivity contribution in [2.24, 2.45) is 0 Å². The molecule has 11 heteroatoms. The standard InChI is InChI=1S/C24H22ClFN4O4S/c25-16-5-10-20(26)21(11-16)35(32,33)13-14-1-3-15(4-2-14)22-28-23-19(12-27-30-23)24(29-22)34-18-8-6-17(31)7-9-18/h1-5,10-12,17-18,31H,6-9,13H2,(H,27,28,29,30). The van der Waals surface area contributed by atoms with Crippen LogP contribution in [0, 0.1) is 5.82 Å². The predicted molar refractivity (Wildman–Crippen MR) is 128 cm³/mol. The summed E-state index contributed by atoms with van der Waals surface area (Å²) >= 11 is 5.85. The lowest BCUT2D eigenvalue weighted by Gasteiger charge is -2.25. The number of aliphatic hydroxyl groups is 1. The van der Waals surface area contributed by atoms with E-state index in [2.05, 4.69) is 20.2 Å². The molecule has 8 nitrogen and oxygen atoms in total. The predicted octanol–water partition coefficient (Wildman–Crippen LogP) is 4.47. The molecule has 0 saturated heterocycles. The molecule has 2 heterocycles. The fourth-order valence-corrected chi connectivity index (χ4v) is 5.81. The minimum atomic E-state index is -3.93. The van der Waals surface area contributed by atoms with E-state index in [9.17, 15) is 17.9 Å². The highest BCUT2D eigenvalue weighted by atomic mass is 35.5. The third kappa shape index (κ3) is 5.14. The van der Waals surface area contributed by atoms with Crippen LogP contribution in [-0.2, 0) is 15.6 Å². The molecule has 1 aliphatic carbocycles. The number of sulfone groups is 1. The van der Waals surface area contributed by atoms with Gasteiger partial charge in [0.15, 0.2) is 21.3 Å². The first-order valence-electron chi connectivity index (χ1n) is 11.1. The zero-order chi connectivity index (χ0) is 24.6. The summed E-state index contributed by atoms with van der Waals surface area (Å²) in [5, 5.41) is 17.4. The van der Waals surface area contributed by atoms with Gasteiger partial charge in [-0.15, -0.1) is 0 Å². The van der Waals surface area contributed by atoms with E-state index < -0.39 is 20.5 Å². The summed E-state index contributed by atoms with van der Waals surface area (Å²) in [6, 6.07) is 10.1. The van der Waals surface area contributed by atoms with E-state index in [1.54, 1.807) is 30.5 Å². The van der Waals surface area contributed by atoms with Crippen molar-refractivity contribution in [1.82, 2.24) is 20.2 Å². The number of nitrogens with one attached hydrogen (secondary N) is 1. The summed E-state index contributed by atoms with van der Waals surface area (Å²) in [5.41, 5.74) is 1.65. The highest BCUT2D eigenvalue weighted by Gasteiger charge is 2.24. The van der Waals surface area contributed by atoms with E-state index in [4.69, 9.17) is 16.3 Å². The van der Waals surface area contributed by atoms with Gasteiger partial charge in [-0.1, -0.05) is 35.9 Å². The van der Waals surface area contributed by atoms with Crippen LogP contribution in [0.4, 0.5) is 4.39 Å². The SMILES string of the molecule is O=S(=O)(Cc1ccc(-c2nc(OC3CCC(O)CC3)c3cn[nH]c3n2)cc1)c1cc(Cl)ccc1F. The number of benzene rings is 2. The van der Waals surface area contributed by atoms with Crippen molar-refractivity contribution in [2.75, 3.05) is 0 Å². The maximum atomic E-state index is 14.1. The van der Waals surface area contributed by atoms with Crippen molar-refractivity contribution in [3.05, 3.63) is 65.1 Å². The molecule has 182 valence electrons. The first-order chi connectivity index (χ1) is 16.8. The summed E-state index contributed by atoms with van der Waals surface area (Å²) in [5.74, 6) is -0.425. The van der Waals surface area contributed by atoms with Gasteiger partial charge in [0.2, 0.25) is 5.88 Å². The van der Waals surface area contributed by atoms with Crippen LogP contribution in [0.5, 0.6) is 5.88 Å². The van der Waals surface area contributed by atoms with E-state index in [1.807, 2.05) is 0 Å². The summed E-state index contributed by atoms with van der Waals surface area (Å²) in [7, 11) is -3.93. The maximum absolute atomic E-state index is 14.1. The van der Waals surface area contributed by atoms with E-state index in [0.29, 0.717) is 46.7 Å². The topological polar surface area (TPSA) is 118 Å². The Hall–Kier alpha value is -3.08. The first-order valence-corrected chi connectivity index (χ1v) is 13.1. The number of ether oxygens (including phenoxy) is 1. The van der Waals surface area contributed by atoms with Gasteiger partial charge < -0.3 is 9.84 Å². The Balaban J connectivity index is 1.39. The van der Waals surface area contributed by atoms with Crippen molar-refractivity contribution in [3.8, 4) is 17.3 Å². The Bertz CT molecular complexity index is 1470. The molecule has 0 unspecified atom stereocenters. The van der Waals surface area contributed by atoms with Crippen molar-refractivity contribution in [1.29, 1.82) is 0 Å². The Morgan fingerprint density at radius 1 is 1.09 bits per heavy atom. The van der Waals surface area contributed by atoms with Gasteiger partial charge in [0.1, 0.15) is 22.2 Å². The van der Waals surface area contributed by atoms with Crippen LogP contribution in [-0.4, -0.2) is 45.9 Å². The number of hydrogen-bond acceptors (Lipinski definition) is 7.